The first kappa shape index (κ1) is 13.5. The number of nitrogens with one attached hydrogen (secondary N) is 1. The minimum atomic E-state index is -3.37. The smallest absolute Gasteiger partial charge is 0.215 e. The van der Waals surface area contributed by atoms with Crippen LogP contribution in [0.4, 0.5) is 0 Å². The molecule has 1 aromatic carbocycles. The molecule has 5 heteroatoms. The van der Waals surface area contributed by atoms with Gasteiger partial charge in [0.2, 0.25) is 10.0 Å². The molecule has 0 bridgehead atoms. The molecule has 1 fully saturated rings. The van der Waals surface area contributed by atoms with Crippen molar-refractivity contribution in [3.05, 3.63) is 35.9 Å². The Kier molecular flexibility index (Phi) is 4.04. The first-order valence-electron chi connectivity index (χ1n) is 6.23. The van der Waals surface area contributed by atoms with Gasteiger partial charge in [0.05, 0.1) is 11.4 Å². The van der Waals surface area contributed by atoms with E-state index in [1.54, 1.807) is 12.1 Å². The normalized spacial score (nSPS) is 18.9. The van der Waals surface area contributed by atoms with Crippen LogP contribution in [0.25, 0.3) is 0 Å². The Labute approximate surface area is 108 Å². The van der Waals surface area contributed by atoms with Gasteiger partial charge in [0.1, 0.15) is 0 Å². The summed E-state index contributed by atoms with van der Waals surface area (Å²) in [6.45, 7) is 0.127. The molecule has 1 aliphatic carbocycles. The summed E-state index contributed by atoms with van der Waals surface area (Å²) in [5, 5.41) is 10.1. The Morgan fingerprint density at radius 3 is 2.39 bits per heavy atom. The molecule has 100 valence electrons. The third-order valence-corrected chi connectivity index (χ3v) is 4.65. The summed E-state index contributed by atoms with van der Waals surface area (Å²) in [6, 6.07) is 9.04. The Bertz CT molecular complexity index is 478. The van der Waals surface area contributed by atoms with E-state index in [9.17, 15) is 13.5 Å². The third kappa shape index (κ3) is 3.80. The molecule has 0 atom stereocenters. The summed E-state index contributed by atoms with van der Waals surface area (Å²) in [4.78, 5) is 0. The summed E-state index contributed by atoms with van der Waals surface area (Å²) >= 11 is 0. The quantitative estimate of drug-likeness (QED) is 0.849. The van der Waals surface area contributed by atoms with Crippen LogP contribution in [0.1, 0.15) is 31.2 Å². The number of hydrogen-bond donors (Lipinski definition) is 2. The summed E-state index contributed by atoms with van der Waals surface area (Å²) in [6.07, 6.45) is 3.30. The summed E-state index contributed by atoms with van der Waals surface area (Å²) in [7, 11) is -3.37. The maximum absolute atomic E-state index is 11.9. The standard InChI is InChI=1S/C13H19NO3S/c15-13(8-4-5-9-13)11-14-18(16,17)10-12-6-2-1-3-7-12/h1-3,6-7,14-15H,4-5,8-11H2. The van der Waals surface area contributed by atoms with Gasteiger partial charge < -0.3 is 5.11 Å². The lowest BCUT2D eigenvalue weighted by Crippen LogP contribution is -2.41. The zero-order valence-corrected chi connectivity index (χ0v) is 11.1. The maximum atomic E-state index is 11.9. The average molecular weight is 269 g/mol. The van der Waals surface area contributed by atoms with Crippen LogP contribution < -0.4 is 4.72 Å². The second-order valence-corrected chi connectivity index (χ2v) is 6.80. The second-order valence-electron chi connectivity index (χ2n) is 5.00. The fraction of sp³-hybridized carbons (Fsp3) is 0.538. The van der Waals surface area contributed by atoms with Crippen LogP contribution in [0.2, 0.25) is 0 Å². The van der Waals surface area contributed by atoms with Crippen molar-refractivity contribution < 1.29 is 13.5 Å². The molecule has 4 nitrogen and oxygen atoms in total. The lowest BCUT2D eigenvalue weighted by Gasteiger charge is -2.22. The van der Waals surface area contributed by atoms with E-state index in [1.807, 2.05) is 18.2 Å². The molecule has 0 amide bonds. The molecule has 1 aliphatic rings. The molecule has 0 unspecified atom stereocenters. The molecule has 0 aliphatic heterocycles. The van der Waals surface area contributed by atoms with E-state index in [2.05, 4.69) is 4.72 Å². The van der Waals surface area contributed by atoms with Crippen molar-refractivity contribution in [3.63, 3.8) is 0 Å². The lowest BCUT2D eigenvalue weighted by atomic mass is 10.0. The highest BCUT2D eigenvalue weighted by atomic mass is 32.2. The van der Waals surface area contributed by atoms with E-state index in [-0.39, 0.29) is 12.3 Å². The van der Waals surface area contributed by atoms with E-state index in [4.69, 9.17) is 0 Å². The number of rotatable bonds is 5. The molecular weight excluding hydrogens is 250 g/mol. The van der Waals surface area contributed by atoms with Crippen molar-refractivity contribution in [2.24, 2.45) is 0 Å². The maximum Gasteiger partial charge on any atom is 0.215 e. The third-order valence-electron chi connectivity index (χ3n) is 3.35. The van der Waals surface area contributed by atoms with Gasteiger partial charge in [-0.2, -0.15) is 0 Å². The van der Waals surface area contributed by atoms with Gasteiger partial charge in [0.15, 0.2) is 0 Å². The topological polar surface area (TPSA) is 66.4 Å². The number of hydrogen-bond acceptors (Lipinski definition) is 3. The van der Waals surface area contributed by atoms with Crippen molar-refractivity contribution in [2.45, 2.75) is 37.0 Å². The van der Waals surface area contributed by atoms with E-state index in [1.165, 1.54) is 0 Å². The van der Waals surface area contributed by atoms with E-state index >= 15 is 0 Å². The van der Waals surface area contributed by atoms with Gasteiger partial charge in [-0.3, -0.25) is 0 Å². The number of sulfonamides is 1. The Morgan fingerprint density at radius 1 is 1.17 bits per heavy atom. The van der Waals surface area contributed by atoms with Gasteiger partial charge in [-0.15, -0.1) is 0 Å². The fourth-order valence-corrected chi connectivity index (χ4v) is 3.52. The second kappa shape index (κ2) is 5.38. The van der Waals surface area contributed by atoms with E-state index in [0.717, 1.165) is 18.4 Å². The zero-order chi connectivity index (χ0) is 13.1. The average Bonchev–Trinajstić information content (AvgIpc) is 2.76. The largest absolute Gasteiger partial charge is 0.389 e. The molecule has 0 radical (unpaired) electrons. The van der Waals surface area contributed by atoms with Crippen LogP contribution in [-0.2, 0) is 15.8 Å². The Hall–Kier alpha value is -0.910. The SMILES string of the molecule is O=S(=O)(Cc1ccccc1)NCC1(O)CCCC1. The fourth-order valence-electron chi connectivity index (χ4n) is 2.30. The zero-order valence-electron chi connectivity index (χ0n) is 10.3. The summed E-state index contributed by atoms with van der Waals surface area (Å²) in [5.41, 5.74) is -0.0903. The van der Waals surface area contributed by atoms with Gasteiger partial charge in [-0.1, -0.05) is 43.2 Å². The molecule has 18 heavy (non-hydrogen) atoms. The molecule has 1 aromatic rings. The van der Waals surface area contributed by atoms with Crippen LogP contribution in [0.3, 0.4) is 0 Å². The molecule has 0 heterocycles. The van der Waals surface area contributed by atoms with Crippen molar-refractivity contribution in [3.8, 4) is 0 Å². The highest BCUT2D eigenvalue weighted by molar-refractivity contribution is 7.88. The molecule has 2 rings (SSSR count). The van der Waals surface area contributed by atoms with Gasteiger partial charge in [0.25, 0.3) is 0 Å². The number of aliphatic hydroxyl groups is 1. The first-order chi connectivity index (χ1) is 8.49. The van der Waals surface area contributed by atoms with Crippen molar-refractivity contribution in [1.29, 1.82) is 0 Å². The van der Waals surface area contributed by atoms with Crippen LogP contribution in [0.15, 0.2) is 30.3 Å². The predicted octanol–water partition coefficient (Wildman–Crippen LogP) is 1.41. The highest BCUT2D eigenvalue weighted by Gasteiger charge is 2.32. The first-order valence-corrected chi connectivity index (χ1v) is 7.88. The minimum Gasteiger partial charge on any atom is -0.389 e. The van der Waals surface area contributed by atoms with Crippen LogP contribution in [0.5, 0.6) is 0 Å². The van der Waals surface area contributed by atoms with E-state index < -0.39 is 15.6 Å². The van der Waals surface area contributed by atoms with Gasteiger partial charge in [0, 0.05) is 6.54 Å². The molecule has 0 aromatic heterocycles. The molecule has 0 saturated heterocycles. The Morgan fingerprint density at radius 2 is 1.78 bits per heavy atom. The van der Waals surface area contributed by atoms with Crippen molar-refractivity contribution in [2.75, 3.05) is 6.54 Å². The predicted molar refractivity (Wildman–Crippen MR) is 70.5 cm³/mol. The van der Waals surface area contributed by atoms with Crippen LogP contribution >= 0.6 is 0 Å². The molecule has 2 N–H and O–H groups in total. The van der Waals surface area contributed by atoms with Crippen LogP contribution in [0, 0.1) is 0 Å². The summed E-state index contributed by atoms with van der Waals surface area (Å²) in [5.74, 6) is -0.0378. The van der Waals surface area contributed by atoms with Gasteiger partial charge in [-0.05, 0) is 18.4 Å². The summed E-state index contributed by atoms with van der Waals surface area (Å²) < 4.78 is 26.3. The lowest BCUT2D eigenvalue weighted by molar-refractivity contribution is 0.0531. The molecule has 0 spiro atoms. The van der Waals surface area contributed by atoms with Crippen molar-refractivity contribution >= 4 is 10.0 Å². The van der Waals surface area contributed by atoms with Crippen molar-refractivity contribution in [1.82, 2.24) is 4.72 Å². The molecule has 1 saturated carbocycles. The number of benzene rings is 1. The minimum absolute atomic E-state index is 0.0378. The highest BCUT2D eigenvalue weighted by Crippen LogP contribution is 2.28. The molecular formula is C13H19NO3S. The monoisotopic (exact) mass is 269 g/mol. The van der Waals surface area contributed by atoms with E-state index in [0.29, 0.717) is 12.8 Å². The van der Waals surface area contributed by atoms with Crippen LogP contribution in [-0.4, -0.2) is 25.7 Å². The van der Waals surface area contributed by atoms with Gasteiger partial charge in [-0.25, -0.2) is 13.1 Å². The Balaban J connectivity index is 1.92. The van der Waals surface area contributed by atoms with Gasteiger partial charge >= 0.3 is 0 Å².